The molecule has 0 atom stereocenters. The highest BCUT2D eigenvalue weighted by molar-refractivity contribution is 5.99. The maximum absolute atomic E-state index is 13.0. The first-order chi connectivity index (χ1) is 11.1. The number of fused-ring (bicyclic) bond motifs is 2. The normalized spacial score (nSPS) is 14.1. The summed E-state index contributed by atoms with van der Waals surface area (Å²) in [7, 11) is 1.97. The molecule has 0 N–H and O–H groups in total. The Morgan fingerprint density at radius 2 is 1.83 bits per heavy atom. The average molecular weight is 304 g/mol. The van der Waals surface area contributed by atoms with Crippen LogP contribution in [0.5, 0.6) is 0 Å². The average Bonchev–Trinajstić information content (AvgIpc) is 2.89. The van der Waals surface area contributed by atoms with E-state index in [1.165, 1.54) is 16.7 Å². The van der Waals surface area contributed by atoms with Gasteiger partial charge in [-0.05, 0) is 42.7 Å². The van der Waals surface area contributed by atoms with Crippen molar-refractivity contribution in [3.05, 3.63) is 70.9 Å². The molecule has 0 saturated heterocycles. The lowest BCUT2D eigenvalue weighted by atomic mass is 10.00. The van der Waals surface area contributed by atoms with Gasteiger partial charge in [0.2, 0.25) is 0 Å². The Balaban J connectivity index is 1.69. The molecule has 0 aliphatic carbocycles. The summed E-state index contributed by atoms with van der Waals surface area (Å²) in [5, 5.41) is 1.13. The lowest BCUT2D eigenvalue weighted by Gasteiger charge is -2.29. The summed E-state index contributed by atoms with van der Waals surface area (Å²) in [5.41, 5.74) is 5.72. The first-order valence-electron chi connectivity index (χ1n) is 8.05. The Kier molecular flexibility index (Phi) is 3.22. The van der Waals surface area contributed by atoms with Gasteiger partial charge >= 0.3 is 0 Å². The minimum atomic E-state index is 0.121. The van der Waals surface area contributed by atoms with Gasteiger partial charge in [0, 0.05) is 31.0 Å². The van der Waals surface area contributed by atoms with Crippen LogP contribution in [0.4, 0.5) is 0 Å². The third kappa shape index (κ3) is 2.33. The standard InChI is InChI=1S/C20H20N2O/c1-14-7-8-18-17(11-14)12-19(21(18)2)20(23)22-10-9-15-5-3-4-6-16(15)13-22/h3-8,11-12H,9-10,13H2,1-2H3. The first-order valence-corrected chi connectivity index (χ1v) is 8.05. The monoisotopic (exact) mass is 304 g/mol. The Morgan fingerprint density at radius 1 is 1.04 bits per heavy atom. The molecule has 0 unspecified atom stereocenters. The molecule has 4 rings (SSSR count). The summed E-state index contributed by atoms with van der Waals surface area (Å²) in [5.74, 6) is 0.121. The third-order valence-corrected chi connectivity index (χ3v) is 4.83. The van der Waals surface area contributed by atoms with E-state index in [0.29, 0.717) is 6.54 Å². The number of carbonyl (C=O) groups excluding carboxylic acids is 1. The van der Waals surface area contributed by atoms with Crippen LogP contribution in [0.1, 0.15) is 27.2 Å². The summed E-state index contributed by atoms with van der Waals surface area (Å²) in [6, 6.07) is 16.7. The number of nitrogens with zero attached hydrogens (tertiary/aromatic N) is 2. The summed E-state index contributed by atoms with van der Waals surface area (Å²) in [4.78, 5) is 15.0. The van der Waals surface area contributed by atoms with Crippen molar-refractivity contribution in [2.24, 2.45) is 7.05 Å². The first kappa shape index (κ1) is 14.1. The van der Waals surface area contributed by atoms with Crippen molar-refractivity contribution in [3.8, 4) is 0 Å². The van der Waals surface area contributed by atoms with Gasteiger partial charge in [0.05, 0.1) is 0 Å². The number of aryl methyl sites for hydroxylation is 2. The number of aromatic nitrogens is 1. The van der Waals surface area contributed by atoms with Crippen molar-refractivity contribution < 1.29 is 4.79 Å². The molecule has 0 spiro atoms. The van der Waals surface area contributed by atoms with Gasteiger partial charge in [-0.1, -0.05) is 35.9 Å². The molecule has 3 nitrogen and oxygen atoms in total. The van der Waals surface area contributed by atoms with Crippen LogP contribution in [0.2, 0.25) is 0 Å². The molecular weight excluding hydrogens is 284 g/mol. The fourth-order valence-corrected chi connectivity index (χ4v) is 3.51. The van der Waals surface area contributed by atoms with Crippen LogP contribution in [-0.4, -0.2) is 21.9 Å². The molecule has 0 saturated carbocycles. The van der Waals surface area contributed by atoms with Crippen LogP contribution < -0.4 is 0 Å². The molecule has 0 fully saturated rings. The molecule has 3 aromatic rings. The largest absolute Gasteiger partial charge is 0.340 e. The zero-order chi connectivity index (χ0) is 16.0. The Morgan fingerprint density at radius 3 is 2.65 bits per heavy atom. The summed E-state index contributed by atoms with van der Waals surface area (Å²) < 4.78 is 2.01. The van der Waals surface area contributed by atoms with Crippen molar-refractivity contribution in [2.45, 2.75) is 19.9 Å². The van der Waals surface area contributed by atoms with Crippen LogP contribution in [0.15, 0.2) is 48.5 Å². The van der Waals surface area contributed by atoms with Crippen molar-refractivity contribution in [3.63, 3.8) is 0 Å². The van der Waals surface area contributed by atoms with Gasteiger partial charge in [-0.2, -0.15) is 0 Å². The Bertz CT molecular complexity index is 907. The third-order valence-electron chi connectivity index (χ3n) is 4.83. The number of hydrogen-bond acceptors (Lipinski definition) is 1. The molecule has 1 aliphatic heterocycles. The molecule has 2 aromatic carbocycles. The highest BCUT2D eigenvalue weighted by Gasteiger charge is 2.24. The maximum atomic E-state index is 13.0. The fraction of sp³-hybridized carbons (Fsp3) is 0.250. The van der Waals surface area contributed by atoms with Gasteiger partial charge in [0.15, 0.2) is 0 Å². The maximum Gasteiger partial charge on any atom is 0.270 e. The zero-order valence-corrected chi connectivity index (χ0v) is 13.5. The molecule has 3 heteroatoms. The van der Waals surface area contributed by atoms with E-state index in [1.807, 2.05) is 28.6 Å². The topological polar surface area (TPSA) is 25.2 Å². The van der Waals surface area contributed by atoms with Crippen molar-refractivity contribution >= 4 is 16.8 Å². The lowest BCUT2D eigenvalue weighted by molar-refractivity contribution is 0.0725. The van der Waals surface area contributed by atoms with Crippen LogP contribution in [0.3, 0.4) is 0 Å². The fourth-order valence-electron chi connectivity index (χ4n) is 3.51. The number of hydrogen-bond donors (Lipinski definition) is 0. The van der Waals surface area contributed by atoms with E-state index in [2.05, 4.69) is 43.3 Å². The second-order valence-corrected chi connectivity index (χ2v) is 6.40. The molecule has 1 aromatic heterocycles. The van der Waals surface area contributed by atoms with Crippen molar-refractivity contribution in [1.82, 2.24) is 9.47 Å². The molecule has 1 amide bonds. The van der Waals surface area contributed by atoms with Gasteiger partial charge in [-0.3, -0.25) is 4.79 Å². The number of benzene rings is 2. The Labute approximate surface area is 136 Å². The van der Waals surface area contributed by atoms with E-state index < -0.39 is 0 Å². The highest BCUT2D eigenvalue weighted by atomic mass is 16.2. The van der Waals surface area contributed by atoms with E-state index in [4.69, 9.17) is 0 Å². The van der Waals surface area contributed by atoms with Gasteiger partial charge < -0.3 is 9.47 Å². The predicted molar refractivity (Wildman–Crippen MR) is 92.5 cm³/mol. The van der Waals surface area contributed by atoms with Gasteiger partial charge in [-0.15, -0.1) is 0 Å². The van der Waals surface area contributed by atoms with E-state index in [9.17, 15) is 4.79 Å². The summed E-state index contributed by atoms with van der Waals surface area (Å²) >= 11 is 0. The number of carbonyl (C=O) groups is 1. The minimum absolute atomic E-state index is 0.121. The smallest absolute Gasteiger partial charge is 0.270 e. The van der Waals surface area contributed by atoms with E-state index in [0.717, 1.165) is 29.6 Å². The van der Waals surface area contributed by atoms with Gasteiger partial charge in [0.1, 0.15) is 5.69 Å². The molecule has 2 heterocycles. The quantitative estimate of drug-likeness (QED) is 0.673. The zero-order valence-electron chi connectivity index (χ0n) is 13.5. The number of rotatable bonds is 1. The molecule has 23 heavy (non-hydrogen) atoms. The Hall–Kier alpha value is -2.55. The number of amides is 1. The summed E-state index contributed by atoms with van der Waals surface area (Å²) in [6.07, 6.45) is 0.935. The molecule has 116 valence electrons. The van der Waals surface area contributed by atoms with Crippen LogP contribution >= 0.6 is 0 Å². The second-order valence-electron chi connectivity index (χ2n) is 6.40. The van der Waals surface area contributed by atoms with Crippen LogP contribution in [-0.2, 0) is 20.0 Å². The summed E-state index contributed by atoms with van der Waals surface area (Å²) in [6.45, 7) is 3.57. The second kappa shape index (κ2) is 5.27. The molecule has 1 aliphatic rings. The van der Waals surface area contributed by atoms with E-state index in [1.54, 1.807) is 0 Å². The van der Waals surface area contributed by atoms with Crippen LogP contribution in [0, 0.1) is 6.92 Å². The van der Waals surface area contributed by atoms with Crippen LogP contribution in [0.25, 0.3) is 10.9 Å². The lowest BCUT2D eigenvalue weighted by Crippen LogP contribution is -2.36. The molecular formula is C20H20N2O. The highest BCUT2D eigenvalue weighted by Crippen LogP contribution is 2.24. The van der Waals surface area contributed by atoms with Gasteiger partial charge in [-0.25, -0.2) is 0 Å². The predicted octanol–water partition coefficient (Wildman–Crippen LogP) is 3.69. The van der Waals surface area contributed by atoms with E-state index >= 15 is 0 Å². The van der Waals surface area contributed by atoms with Gasteiger partial charge in [0.25, 0.3) is 5.91 Å². The minimum Gasteiger partial charge on any atom is -0.340 e. The molecule has 0 bridgehead atoms. The van der Waals surface area contributed by atoms with Crippen molar-refractivity contribution in [2.75, 3.05) is 6.54 Å². The molecule has 0 radical (unpaired) electrons. The van der Waals surface area contributed by atoms with Crippen molar-refractivity contribution in [1.29, 1.82) is 0 Å². The SMILES string of the molecule is Cc1ccc2c(c1)cc(C(=O)N1CCc3ccccc3C1)n2C. The van der Waals surface area contributed by atoms with E-state index in [-0.39, 0.29) is 5.91 Å².